The molecule has 5 heteroatoms. The van der Waals surface area contributed by atoms with Gasteiger partial charge in [-0.3, -0.25) is 4.79 Å². The van der Waals surface area contributed by atoms with Gasteiger partial charge in [-0.1, -0.05) is 36.8 Å². The van der Waals surface area contributed by atoms with E-state index in [1.165, 1.54) is 27.2 Å². The molecule has 1 unspecified atom stereocenters. The maximum Gasteiger partial charge on any atom is 0.220 e. The first kappa shape index (κ1) is 21.2. The van der Waals surface area contributed by atoms with Crippen LogP contribution in [0.15, 0.2) is 36.4 Å². The Hall–Kier alpha value is -2.53. The highest BCUT2D eigenvalue weighted by atomic mass is 16.5. The van der Waals surface area contributed by atoms with Gasteiger partial charge in [-0.15, -0.1) is 0 Å². The van der Waals surface area contributed by atoms with Gasteiger partial charge >= 0.3 is 0 Å². The van der Waals surface area contributed by atoms with E-state index in [4.69, 9.17) is 9.47 Å². The normalized spacial score (nSPS) is 19.2. The van der Waals surface area contributed by atoms with Gasteiger partial charge in [-0.25, -0.2) is 0 Å². The van der Waals surface area contributed by atoms with Crippen molar-refractivity contribution in [1.82, 2.24) is 5.32 Å². The lowest BCUT2D eigenvalue weighted by atomic mass is 9.87. The fourth-order valence-corrected chi connectivity index (χ4v) is 4.34. The molecule has 29 heavy (non-hydrogen) atoms. The molecular weight excluding hydrogens is 364 g/mol. The van der Waals surface area contributed by atoms with Crippen molar-refractivity contribution in [3.05, 3.63) is 58.7 Å². The average molecular weight is 398 g/mol. The zero-order valence-electron chi connectivity index (χ0n) is 18.2. The molecule has 3 atom stereocenters. The van der Waals surface area contributed by atoms with Gasteiger partial charge in [-0.2, -0.15) is 0 Å². The number of aryl methyl sites for hydroxylation is 1. The van der Waals surface area contributed by atoms with Gasteiger partial charge in [0.1, 0.15) is 12.6 Å². The Morgan fingerprint density at radius 2 is 1.83 bits per heavy atom. The van der Waals surface area contributed by atoms with E-state index in [0.29, 0.717) is 6.42 Å². The molecule has 0 aromatic heterocycles. The fraction of sp³-hybridized carbons (Fsp3) is 0.458. The number of amides is 1. The maximum atomic E-state index is 12.1. The summed E-state index contributed by atoms with van der Waals surface area (Å²) < 4.78 is 11.1. The monoisotopic (exact) mass is 397 g/mol. The van der Waals surface area contributed by atoms with Crippen LogP contribution >= 0.6 is 0 Å². The summed E-state index contributed by atoms with van der Waals surface area (Å²) in [5.41, 5.74) is 5.09. The number of hydrogen-bond acceptors (Lipinski definition) is 3. The molecule has 0 radical (unpaired) electrons. The quantitative estimate of drug-likeness (QED) is 0.755. The fourth-order valence-electron chi connectivity index (χ4n) is 4.34. The highest BCUT2D eigenvalue weighted by Gasteiger charge is 2.37. The van der Waals surface area contributed by atoms with Crippen LogP contribution in [0.1, 0.15) is 48.6 Å². The van der Waals surface area contributed by atoms with Crippen molar-refractivity contribution in [3.8, 4) is 11.5 Å². The number of rotatable bonds is 7. The van der Waals surface area contributed by atoms with Crippen molar-refractivity contribution in [2.45, 2.75) is 52.2 Å². The van der Waals surface area contributed by atoms with Crippen molar-refractivity contribution >= 4 is 5.91 Å². The smallest absolute Gasteiger partial charge is 0.220 e. The standard InChI is InChI=1S/C24H32N2O3/c1-6-23(27)25-17(3)24-20-14-22(29-5)21(28-4)13-19(20)11-12-26(24)15-18-9-7-16(2)8-10-18/h7-10,13-14,17,24H,6,11-12,15H2,1-5H3,(H,25,27)/p+1/t17-,24-/m0/s1. The van der Waals surface area contributed by atoms with E-state index in [1.807, 2.05) is 6.92 Å². The van der Waals surface area contributed by atoms with Gasteiger partial charge in [0.2, 0.25) is 5.91 Å². The van der Waals surface area contributed by atoms with Gasteiger partial charge in [0.15, 0.2) is 11.5 Å². The van der Waals surface area contributed by atoms with Crippen LogP contribution in [0.4, 0.5) is 0 Å². The number of carbonyl (C=O) groups is 1. The van der Waals surface area contributed by atoms with E-state index in [1.54, 1.807) is 14.2 Å². The van der Waals surface area contributed by atoms with Crippen LogP contribution in [-0.2, 0) is 17.8 Å². The third-order valence-corrected chi connectivity index (χ3v) is 5.90. The molecule has 2 aromatic rings. The molecule has 0 saturated heterocycles. The molecule has 5 nitrogen and oxygen atoms in total. The molecule has 0 aliphatic carbocycles. The largest absolute Gasteiger partial charge is 0.493 e. The first-order valence-corrected chi connectivity index (χ1v) is 10.4. The van der Waals surface area contributed by atoms with Crippen LogP contribution < -0.4 is 19.7 Å². The molecular formula is C24H33N2O3+. The molecule has 0 bridgehead atoms. The van der Waals surface area contributed by atoms with E-state index in [9.17, 15) is 4.79 Å². The second kappa shape index (κ2) is 9.31. The third kappa shape index (κ3) is 4.73. The number of hydrogen-bond donors (Lipinski definition) is 2. The first-order chi connectivity index (χ1) is 14.0. The molecule has 3 rings (SSSR count). The van der Waals surface area contributed by atoms with Crippen molar-refractivity contribution in [3.63, 3.8) is 0 Å². The van der Waals surface area contributed by atoms with E-state index >= 15 is 0 Å². The Balaban J connectivity index is 1.98. The van der Waals surface area contributed by atoms with E-state index in [2.05, 4.69) is 55.6 Å². The average Bonchev–Trinajstić information content (AvgIpc) is 2.73. The Morgan fingerprint density at radius 1 is 1.17 bits per heavy atom. The number of carbonyl (C=O) groups excluding carboxylic acids is 1. The molecule has 0 fully saturated rings. The number of benzene rings is 2. The van der Waals surface area contributed by atoms with E-state index in [-0.39, 0.29) is 18.0 Å². The van der Waals surface area contributed by atoms with Crippen molar-refractivity contribution in [1.29, 1.82) is 0 Å². The number of ether oxygens (including phenoxy) is 2. The summed E-state index contributed by atoms with van der Waals surface area (Å²) in [6.45, 7) is 8.04. The Bertz CT molecular complexity index is 848. The molecule has 0 spiro atoms. The summed E-state index contributed by atoms with van der Waals surface area (Å²) in [4.78, 5) is 13.6. The van der Waals surface area contributed by atoms with Gasteiger partial charge in [0.25, 0.3) is 0 Å². The van der Waals surface area contributed by atoms with Crippen LogP contribution in [0.5, 0.6) is 11.5 Å². The van der Waals surface area contributed by atoms with Gasteiger partial charge in [0, 0.05) is 24.0 Å². The van der Waals surface area contributed by atoms with Gasteiger partial charge in [0.05, 0.1) is 26.8 Å². The lowest BCUT2D eigenvalue weighted by molar-refractivity contribution is -0.948. The Labute approximate surface area is 174 Å². The zero-order chi connectivity index (χ0) is 21.0. The third-order valence-electron chi connectivity index (χ3n) is 5.90. The number of nitrogens with one attached hydrogen (secondary N) is 2. The molecule has 1 aliphatic heterocycles. The SMILES string of the molecule is CCC(=O)N[C@@H](C)[C@H]1c2cc(OC)c(OC)cc2CC[NH+]1Cc1ccc(C)cc1. The van der Waals surface area contributed by atoms with E-state index < -0.39 is 0 Å². The summed E-state index contributed by atoms with van der Waals surface area (Å²) in [6.07, 6.45) is 1.46. The predicted octanol–water partition coefficient (Wildman–Crippen LogP) is 2.61. The van der Waals surface area contributed by atoms with Crippen molar-refractivity contribution in [2.75, 3.05) is 20.8 Å². The Kier molecular flexibility index (Phi) is 6.80. The molecule has 1 aliphatic rings. The van der Waals surface area contributed by atoms with Crippen molar-refractivity contribution < 1.29 is 19.2 Å². The minimum atomic E-state index is 0.0139. The van der Waals surface area contributed by atoms with Gasteiger partial charge < -0.3 is 19.7 Å². The summed E-state index contributed by atoms with van der Waals surface area (Å²) in [7, 11) is 3.34. The molecule has 0 saturated carbocycles. The maximum absolute atomic E-state index is 12.1. The predicted molar refractivity (Wildman–Crippen MR) is 115 cm³/mol. The summed E-state index contributed by atoms with van der Waals surface area (Å²) >= 11 is 0. The van der Waals surface area contributed by atoms with Crippen LogP contribution in [0.2, 0.25) is 0 Å². The molecule has 2 N–H and O–H groups in total. The van der Waals surface area contributed by atoms with Crippen LogP contribution in [-0.4, -0.2) is 32.7 Å². The number of methoxy groups -OCH3 is 2. The molecule has 2 aromatic carbocycles. The lowest BCUT2D eigenvalue weighted by Gasteiger charge is -2.38. The zero-order valence-corrected chi connectivity index (χ0v) is 18.2. The van der Waals surface area contributed by atoms with Gasteiger partial charge in [-0.05, 0) is 31.5 Å². The van der Waals surface area contributed by atoms with Crippen LogP contribution in [0.3, 0.4) is 0 Å². The minimum absolute atomic E-state index is 0.0139. The summed E-state index contributed by atoms with van der Waals surface area (Å²) in [5, 5.41) is 3.20. The van der Waals surface area contributed by atoms with E-state index in [0.717, 1.165) is 31.0 Å². The molecule has 156 valence electrons. The highest BCUT2D eigenvalue weighted by Crippen LogP contribution is 2.35. The van der Waals surface area contributed by atoms with Crippen molar-refractivity contribution in [2.24, 2.45) is 0 Å². The lowest BCUT2D eigenvalue weighted by Crippen LogP contribution is -3.13. The highest BCUT2D eigenvalue weighted by molar-refractivity contribution is 5.75. The van der Waals surface area contributed by atoms with Crippen LogP contribution in [0.25, 0.3) is 0 Å². The minimum Gasteiger partial charge on any atom is -0.493 e. The topological polar surface area (TPSA) is 52.0 Å². The first-order valence-electron chi connectivity index (χ1n) is 10.4. The summed E-state index contributed by atoms with van der Waals surface area (Å²) in [5.74, 6) is 1.58. The second-order valence-corrected chi connectivity index (χ2v) is 7.91. The number of fused-ring (bicyclic) bond motifs is 1. The Morgan fingerprint density at radius 3 is 2.45 bits per heavy atom. The summed E-state index contributed by atoms with van der Waals surface area (Å²) in [6, 6.07) is 13.1. The van der Waals surface area contributed by atoms with Crippen LogP contribution in [0, 0.1) is 6.92 Å². The second-order valence-electron chi connectivity index (χ2n) is 7.91. The number of quaternary nitrogens is 1. The molecule has 1 heterocycles. The molecule has 1 amide bonds.